The van der Waals surface area contributed by atoms with Crippen molar-refractivity contribution in [3.05, 3.63) is 53.6 Å². The van der Waals surface area contributed by atoms with E-state index >= 15 is 0 Å². The van der Waals surface area contributed by atoms with Crippen LogP contribution in [-0.4, -0.2) is 46.1 Å². The summed E-state index contributed by atoms with van der Waals surface area (Å²) in [5, 5.41) is 4.39. The van der Waals surface area contributed by atoms with Gasteiger partial charge in [-0.2, -0.15) is 9.52 Å². The van der Waals surface area contributed by atoms with Crippen LogP contribution in [0.5, 0.6) is 17.2 Å². The van der Waals surface area contributed by atoms with Crippen LogP contribution in [0, 0.1) is 0 Å². The molecule has 1 aliphatic rings. The summed E-state index contributed by atoms with van der Waals surface area (Å²) < 4.78 is 41.6. The van der Waals surface area contributed by atoms with E-state index in [4.69, 9.17) is 14.2 Å². The number of rotatable bonds is 6. The quantitative estimate of drug-likeness (QED) is 0.758. The summed E-state index contributed by atoms with van der Waals surface area (Å²) in [4.78, 5) is 0. The van der Waals surface area contributed by atoms with Crippen molar-refractivity contribution in [1.82, 2.24) is 4.41 Å². The molecular weight excluding hydrogens is 368 g/mol. The van der Waals surface area contributed by atoms with Crippen LogP contribution in [0.4, 0.5) is 0 Å². The van der Waals surface area contributed by atoms with E-state index in [0.29, 0.717) is 23.6 Å². The van der Waals surface area contributed by atoms with Crippen molar-refractivity contribution in [1.29, 1.82) is 0 Å². The van der Waals surface area contributed by atoms with Crippen molar-refractivity contribution < 1.29 is 22.6 Å². The number of hydrazone groups is 1. The molecule has 2 aromatic carbocycles. The van der Waals surface area contributed by atoms with Gasteiger partial charge in [-0.15, -0.1) is 0 Å². The van der Waals surface area contributed by atoms with Gasteiger partial charge in [-0.3, -0.25) is 0 Å². The second kappa shape index (κ2) is 7.48. The van der Waals surface area contributed by atoms with E-state index in [1.54, 1.807) is 39.5 Å². The highest BCUT2D eigenvalue weighted by atomic mass is 32.2. The van der Waals surface area contributed by atoms with Gasteiger partial charge in [0, 0.05) is 12.5 Å². The first kappa shape index (κ1) is 19.0. The van der Waals surface area contributed by atoms with Gasteiger partial charge in [-0.1, -0.05) is 0 Å². The Kier molecular flexibility index (Phi) is 5.27. The van der Waals surface area contributed by atoms with Gasteiger partial charge in [0.1, 0.15) is 17.2 Å². The van der Waals surface area contributed by atoms with Gasteiger partial charge in [-0.25, -0.2) is 8.42 Å². The van der Waals surface area contributed by atoms with Crippen LogP contribution in [0.15, 0.2) is 47.6 Å². The summed E-state index contributed by atoms with van der Waals surface area (Å²) in [6.07, 6.45) is 1.59. The van der Waals surface area contributed by atoms with Crippen LogP contribution >= 0.6 is 0 Å². The molecule has 0 N–H and O–H groups in total. The number of hydrogen-bond acceptors (Lipinski definition) is 6. The molecule has 3 rings (SSSR count). The molecule has 1 unspecified atom stereocenters. The highest BCUT2D eigenvalue weighted by Crippen LogP contribution is 2.37. The van der Waals surface area contributed by atoms with E-state index < -0.39 is 16.1 Å². The van der Waals surface area contributed by atoms with Crippen molar-refractivity contribution in [3.63, 3.8) is 0 Å². The van der Waals surface area contributed by atoms with Crippen molar-refractivity contribution in [3.8, 4) is 17.2 Å². The van der Waals surface area contributed by atoms with Crippen LogP contribution in [0.2, 0.25) is 0 Å². The molecule has 7 nitrogen and oxygen atoms in total. The maximum Gasteiger partial charge on any atom is 0.247 e. The predicted molar refractivity (Wildman–Crippen MR) is 103 cm³/mol. The molecule has 2 aromatic rings. The molecule has 8 heteroatoms. The molecule has 27 heavy (non-hydrogen) atoms. The monoisotopic (exact) mass is 390 g/mol. The summed E-state index contributed by atoms with van der Waals surface area (Å²) in [6.45, 7) is 0. The van der Waals surface area contributed by atoms with Crippen LogP contribution in [0.3, 0.4) is 0 Å². The maximum atomic E-state index is 12.3. The normalized spacial score (nSPS) is 16.8. The lowest BCUT2D eigenvalue weighted by Crippen LogP contribution is -2.26. The van der Waals surface area contributed by atoms with Gasteiger partial charge in [0.2, 0.25) is 10.0 Å². The fraction of sp³-hybridized carbons (Fsp3) is 0.316. The van der Waals surface area contributed by atoms with Gasteiger partial charge in [0.05, 0.1) is 39.3 Å². The Balaban J connectivity index is 2.01. The SMILES string of the molecule is COc1ccc(C2=NN(S(C)(=O)=O)C(c3cc(OC)cc(OC)c3)C2)cc1. The van der Waals surface area contributed by atoms with Crippen LogP contribution in [-0.2, 0) is 10.0 Å². The zero-order valence-electron chi connectivity index (χ0n) is 15.7. The molecule has 1 heterocycles. The zero-order valence-corrected chi connectivity index (χ0v) is 16.5. The van der Waals surface area contributed by atoms with Gasteiger partial charge < -0.3 is 14.2 Å². The Morgan fingerprint density at radius 1 is 0.926 bits per heavy atom. The number of benzene rings is 2. The Labute approximate surface area is 159 Å². The van der Waals surface area contributed by atoms with E-state index in [0.717, 1.165) is 27.5 Å². The fourth-order valence-electron chi connectivity index (χ4n) is 3.02. The van der Waals surface area contributed by atoms with Crippen LogP contribution < -0.4 is 14.2 Å². The van der Waals surface area contributed by atoms with Gasteiger partial charge in [0.25, 0.3) is 0 Å². The maximum absolute atomic E-state index is 12.3. The Bertz CT molecular complexity index is 932. The molecule has 0 bridgehead atoms. The smallest absolute Gasteiger partial charge is 0.247 e. The fourth-order valence-corrected chi connectivity index (χ4v) is 3.93. The molecule has 1 atom stereocenters. The minimum absolute atomic E-state index is 0.440. The largest absolute Gasteiger partial charge is 0.497 e. The number of sulfonamides is 1. The molecule has 0 spiro atoms. The highest BCUT2D eigenvalue weighted by Gasteiger charge is 2.35. The average Bonchev–Trinajstić information content (AvgIpc) is 3.13. The Hall–Kier alpha value is -2.74. The van der Waals surface area contributed by atoms with Gasteiger partial charge in [-0.05, 0) is 47.5 Å². The first-order valence-corrected chi connectivity index (χ1v) is 10.1. The lowest BCUT2D eigenvalue weighted by molar-refractivity contribution is 0.364. The lowest BCUT2D eigenvalue weighted by Gasteiger charge is -2.22. The molecule has 0 radical (unpaired) electrons. The van der Waals surface area contributed by atoms with Crippen molar-refractivity contribution >= 4 is 15.7 Å². The summed E-state index contributed by atoms with van der Waals surface area (Å²) in [5.41, 5.74) is 2.29. The van der Waals surface area contributed by atoms with Crippen molar-refractivity contribution in [2.45, 2.75) is 12.5 Å². The molecule has 0 aromatic heterocycles. The summed E-state index contributed by atoms with van der Waals surface area (Å²) >= 11 is 0. The van der Waals surface area contributed by atoms with E-state index in [9.17, 15) is 8.42 Å². The summed E-state index contributed by atoms with van der Waals surface area (Å²) in [7, 11) is 1.16. The number of nitrogens with zero attached hydrogens (tertiary/aromatic N) is 2. The molecule has 1 aliphatic heterocycles. The second-order valence-corrected chi connectivity index (χ2v) is 8.02. The average molecular weight is 390 g/mol. The van der Waals surface area contributed by atoms with Crippen LogP contribution in [0.25, 0.3) is 0 Å². The Morgan fingerprint density at radius 3 is 1.96 bits per heavy atom. The molecule has 0 saturated carbocycles. The third kappa shape index (κ3) is 4.00. The zero-order chi connectivity index (χ0) is 19.6. The topological polar surface area (TPSA) is 77.4 Å². The van der Waals surface area contributed by atoms with Crippen molar-refractivity contribution in [2.75, 3.05) is 27.6 Å². The molecule has 0 aliphatic carbocycles. The van der Waals surface area contributed by atoms with E-state index in [-0.39, 0.29) is 0 Å². The van der Waals surface area contributed by atoms with E-state index in [1.807, 2.05) is 24.3 Å². The third-order valence-electron chi connectivity index (χ3n) is 4.39. The molecule has 0 fully saturated rings. The van der Waals surface area contributed by atoms with Crippen LogP contribution in [0.1, 0.15) is 23.6 Å². The summed E-state index contributed by atoms with van der Waals surface area (Å²) in [6, 6.07) is 12.3. The van der Waals surface area contributed by atoms with E-state index in [1.165, 1.54) is 0 Å². The Morgan fingerprint density at radius 2 is 1.48 bits per heavy atom. The first-order chi connectivity index (χ1) is 12.9. The van der Waals surface area contributed by atoms with E-state index in [2.05, 4.69) is 5.10 Å². The molecular formula is C19H22N2O5S. The third-order valence-corrected chi connectivity index (χ3v) is 5.41. The molecule has 0 amide bonds. The number of ether oxygens (including phenoxy) is 3. The van der Waals surface area contributed by atoms with Crippen molar-refractivity contribution in [2.24, 2.45) is 5.10 Å². The second-order valence-electron chi connectivity index (χ2n) is 6.18. The first-order valence-electron chi connectivity index (χ1n) is 8.30. The van der Waals surface area contributed by atoms with Gasteiger partial charge in [0.15, 0.2) is 0 Å². The molecule has 144 valence electrons. The highest BCUT2D eigenvalue weighted by molar-refractivity contribution is 7.88. The van der Waals surface area contributed by atoms with Gasteiger partial charge >= 0.3 is 0 Å². The predicted octanol–water partition coefficient (Wildman–Crippen LogP) is 2.82. The number of methoxy groups -OCH3 is 3. The standard InChI is InChI=1S/C19H22N2O5S/c1-24-15-7-5-13(6-8-15)18-12-19(21(20-18)27(4,22)23)14-9-16(25-2)11-17(10-14)26-3/h5-11,19H,12H2,1-4H3. The minimum atomic E-state index is -3.55. The number of hydrogen-bond donors (Lipinski definition) is 0. The molecule has 0 saturated heterocycles. The lowest BCUT2D eigenvalue weighted by atomic mass is 9.98. The minimum Gasteiger partial charge on any atom is -0.497 e. The summed E-state index contributed by atoms with van der Waals surface area (Å²) in [5.74, 6) is 1.91.